The minimum Gasteiger partial charge on any atom is -0.373 e. The van der Waals surface area contributed by atoms with Crippen molar-refractivity contribution in [2.45, 2.75) is 43.4 Å². The van der Waals surface area contributed by atoms with Crippen LogP contribution >= 0.6 is 27.3 Å². The van der Waals surface area contributed by atoms with Gasteiger partial charge in [-0.05, 0) is 46.6 Å². The zero-order valence-electron chi connectivity index (χ0n) is 8.41. The van der Waals surface area contributed by atoms with E-state index >= 15 is 0 Å². The highest BCUT2D eigenvalue weighted by Crippen LogP contribution is 2.43. The summed E-state index contributed by atoms with van der Waals surface area (Å²) in [6.07, 6.45) is 5.05. The van der Waals surface area contributed by atoms with Crippen molar-refractivity contribution in [2.75, 3.05) is 0 Å². The van der Waals surface area contributed by atoms with E-state index < -0.39 is 0 Å². The van der Waals surface area contributed by atoms with Crippen LogP contribution in [0.1, 0.15) is 24.1 Å². The number of hydrogen-bond donors (Lipinski definition) is 1. The molecule has 3 unspecified atom stereocenters. The van der Waals surface area contributed by atoms with Crippen LogP contribution in [0.5, 0.6) is 0 Å². The quantitative estimate of drug-likeness (QED) is 0.908. The monoisotopic (exact) mass is 287 g/mol. The molecule has 4 heteroatoms. The first-order valence-electron chi connectivity index (χ1n) is 5.33. The number of thiophene rings is 1. The molecule has 0 aliphatic carbocycles. The van der Waals surface area contributed by atoms with Crippen molar-refractivity contribution in [3.8, 4) is 0 Å². The first-order valence-corrected chi connectivity index (χ1v) is 7.01. The molecule has 3 rings (SSSR count). The number of hydrogen-bond acceptors (Lipinski definition) is 3. The van der Waals surface area contributed by atoms with Crippen LogP contribution in [0.4, 0.5) is 0 Å². The summed E-state index contributed by atoms with van der Waals surface area (Å²) in [7, 11) is 0. The second-order valence-electron chi connectivity index (χ2n) is 4.63. The highest BCUT2D eigenvalue weighted by Gasteiger charge is 2.50. The number of rotatable bonds is 2. The summed E-state index contributed by atoms with van der Waals surface area (Å²) in [5.41, 5.74) is 6.35. The number of nitrogens with two attached hydrogens (primary N) is 1. The molecule has 2 aliphatic rings. The van der Waals surface area contributed by atoms with E-state index in [1.807, 2.05) is 0 Å². The van der Waals surface area contributed by atoms with Gasteiger partial charge in [-0.25, -0.2) is 0 Å². The maximum Gasteiger partial charge on any atom is 0.0763 e. The zero-order valence-corrected chi connectivity index (χ0v) is 10.8. The molecule has 2 aliphatic heterocycles. The average Bonchev–Trinajstić information content (AvgIpc) is 2.83. The largest absolute Gasteiger partial charge is 0.373 e. The Bertz CT molecular complexity index is 380. The molecule has 1 aromatic heterocycles. The molecule has 15 heavy (non-hydrogen) atoms. The van der Waals surface area contributed by atoms with Crippen LogP contribution < -0.4 is 5.73 Å². The van der Waals surface area contributed by atoms with Crippen molar-refractivity contribution in [1.29, 1.82) is 0 Å². The lowest BCUT2D eigenvalue weighted by atomic mass is 9.80. The molecule has 0 aromatic carbocycles. The summed E-state index contributed by atoms with van der Waals surface area (Å²) in [6.45, 7) is 0. The molecule has 2 saturated heterocycles. The molecule has 3 heterocycles. The molecular formula is C11H14BrNOS. The van der Waals surface area contributed by atoms with Crippen LogP contribution in [0.25, 0.3) is 0 Å². The topological polar surface area (TPSA) is 35.2 Å². The SMILES string of the molecule is NC1(Cc2sccc2Br)CC2CCC1O2. The molecule has 0 saturated carbocycles. The standard InChI is InChI=1S/C11H14BrNOS/c12-8-3-4-15-9(8)6-11(13)5-7-1-2-10(11)14-7/h3-4,7,10H,1-2,5-6,13H2. The van der Waals surface area contributed by atoms with Gasteiger partial charge in [0.2, 0.25) is 0 Å². The molecule has 0 radical (unpaired) electrons. The second-order valence-corrected chi connectivity index (χ2v) is 6.48. The van der Waals surface area contributed by atoms with E-state index in [2.05, 4.69) is 27.4 Å². The predicted octanol–water partition coefficient (Wildman–Crippen LogP) is 2.70. The fourth-order valence-electron chi connectivity index (χ4n) is 2.77. The van der Waals surface area contributed by atoms with Crippen LogP contribution in [0.15, 0.2) is 15.9 Å². The smallest absolute Gasteiger partial charge is 0.0763 e. The lowest BCUT2D eigenvalue weighted by Crippen LogP contribution is -2.50. The fourth-order valence-corrected chi connectivity index (χ4v) is 4.40. The highest BCUT2D eigenvalue weighted by atomic mass is 79.9. The van der Waals surface area contributed by atoms with Crippen molar-refractivity contribution in [3.05, 3.63) is 20.8 Å². The molecule has 3 atom stereocenters. The maximum atomic E-state index is 6.47. The summed E-state index contributed by atoms with van der Waals surface area (Å²) in [5, 5.41) is 2.11. The molecule has 0 amide bonds. The third kappa shape index (κ3) is 1.68. The third-order valence-electron chi connectivity index (χ3n) is 3.54. The van der Waals surface area contributed by atoms with Gasteiger partial charge >= 0.3 is 0 Å². The Labute approximate surface area is 102 Å². The van der Waals surface area contributed by atoms with Crippen LogP contribution in [-0.4, -0.2) is 17.7 Å². The molecule has 2 N–H and O–H groups in total. The van der Waals surface area contributed by atoms with E-state index in [0.29, 0.717) is 6.10 Å². The van der Waals surface area contributed by atoms with E-state index in [-0.39, 0.29) is 11.6 Å². The molecule has 0 spiro atoms. The van der Waals surface area contributed by atoms with Crippen molar-refractivity contribution >= 4 is 27.3 Å². The number of halogens is 1. The van der Waals surface area contributed by atoms with Gasteiger partial charge in [-0.2, -0.15) is 0 Å². The molecule has 82 valence electrons. The summed E-state index contributed by atoms with van der Waals surface area (Å²) < 4.78 is 7.04. The third-order valence-corrected chi connectivity index (χ3v) is 5.46. The van der Waals surface area contributed by atoms with Crippen LogP contribution in [0.2, 0.25) is 0 Å². The van der Waals surface area contributed by atoms with Crippen molar-refractivity contribution in [3.63, 3.8) is 0 Å². The van der Waals surface area contributed by atoms with Gasteiger partial charge in [0.15, 0.2) is 0 Å². The zero-order chi connectivity index (χ0) is 10.5. The van der Waals surface area contributed by atoms with Crippen LogP contribution in [-0.2, 0) is 11.2 Å². The Balaban J connectivity index is 1.81. The van der Waals surface area contributed by atoms with E-state index in [9.17, 15) is 0 Å². The summed E-state index contributed by atoms with van der Waals surface area (Å²) in [5.74, 6) is 0. The minimum absolute atomic E-state index is 0.115. The van der Waals surface area contributed by atoms with Gasteiger partial charge in [0.1, 0.15) is 0 Å². The van der Waals surface area contributed by atoms with Crippen LogP contribution in [0.3, 0.4) is 0 Å². The molecule has 2 fully saturated rings. The van der Waals surface area contributed by atoms with Gasteiger partial charge in [-0.15, -0.1) is 11.3 Å². The Hall–Kier alpha value is 0.1000. The molecule has 1 aromatic rings. The summed E-state index contributed by atoms with van der Waals surface area (Å²) >= 11 is 5.34. The Morgan fingerprint density at radius 3 is 3.00 bits per heavy atom. The van der Waals surface area contributed by atoms with E-state index in [4.69, 9.17) is 10.5 Å². The Morgan fingerprint density at radius 1 is 1.60 bits per heavy atom. The van der Waals surface area contributed by atoms with Crippen LogP contribution in [0, 0.1) is 0 Å². The first-order chi connectivity index (χ1) is 7.17. The minimum atomic E-state index is -0.115. The second kappa shape index (κ2) is 3.55. The molecule has 2 nitrogen and oxygen atoms in total. The van der Waals surface area contributed by atoms with Crippen molar-refractivity contribution < 1.29 is 4.74 Å². The lowest BCUT2D eigenvalue weighted by Gasteiger charge is -2.30. The van der Waals surface area contributed by atoms with Gasteiger partial charge < -0.3 is 10.5 Å². The van der Waals surface area contributed by atoms with Crippen molar-refractivity contribution in [1.82, 2.24) is 0 Å². The predicted molar refractivity (Wildman–Crippen MR) is 65.2 cm³/mol. The highest BCUT2D eigenvalue weighted by molar-refractivity contribution is 9.10. The van der Waals surface area contributed by atoms with Gasteiger partial charge in [0.25, 0.3) is 0 Å². The molecule has 2 bridgehead atoms. The fraction of sp³-hybridized carbons (Fsp3) is 0.636. The van der Waals surface area contributed by atoms with Gasteiger partial charge in [0, 0.05) is 21.3 Å². The lowest BCUT2D eigenvalue weighted by molar-refractivity contribution is 0.0858. The first kappa shape index (κ1) is 10.3. The van der Waals surface area contributed by atoms with Gasteiger partial charge in [-0.3, -0.25) is 0 Å². The number of ether oxygens (including phenoxy) is 1. The average molecular weight is 288 g/mol. The number of fused-ring (bicyclic) bond motifs is 2. The summed E-state index contributed by atoms with van der Waals surface area (Å²) in [4.78, 5) is 1.36. The van der Waals surface area contributed by atoms with Gasteiger partial charge in [-0.1, -0.05) is 0 Å². The molecular weight excluding hydrogens is 274 g/mol. The Morgan fingerprint density at radius 2 is 2.47 bits per heavy atom. The normalized spacial score (nSPS) is 38.8. The van der Waals surface area contributed by atoms with E-state index in [1.165, 1.54) is 15.8 Å². The van der Waals surface area contributed by atoms with E-state index in [0.717, 1.165) is 19.3 Å². The van der Waals surface area contributed by atoms with Gasteiger partial charge in [0.05, 0.1) is 12.2 Å². The van der Waals surface area contributed by atoms with E-state index in [1.54, 1.807) is 11.3 Å². The van der Waals surface area contributed by atoms with Crippen molar-refractivity contribution in [2.24, 2.45) is 5.73 Å². The maximum absolute atomic E-state index is 6.47. The summed E-state index contributed by atoms with van der Waals surface area (Å²) in [6, 6.07) is 2.09. The Kier molecular flexibility index (Phi) is 2.43.